The van der Waals surface area contributed by atoms with Crippen molar-refractivity contribution in [2.45, 2.75) is 58.0 Å². The summed E-state index contributed by atoms with van der Waals surface area (Å²) in [6, 6.07) is 4.17. The smallest absolute Gasteiger partial charge is 0.216 e. The summed E-state index contributed by atoms with van der Waals surface area (Å²) in [5.41, 5.74) is 0. The predicted octanol–water partition coefficient (Wildman–Crippen LogP) is 3.09. The van der Waals surface area contributed by atoms with Gasteiger partial charge in [0.05, 0.1) is 12.8 Å². The van der Waals surface area contributed by atoms with Crippen molar-refractivity contribution in [3.63, 3.8) is 0 Å². The molecule has 0 radical (unpaired) electrons. The zero-order valence-electron chi connectivity index (χ0n) is 15.1. The second-order valence-electron chi connectivity index (χ2n) is 6.66. The van der Waals surface area contributed by atoms with Gasteiger partial charge in [0.1, 0.15) is 5.82 Å². The van der Waals surface area contributed by atoms with E-state index in [1.165, 1.54) is 38.5 Å². The van der Waals surface area contributed by atoms with Crippen LogP contribution in [-0.4, -0.2) is 34.2 Å². The van der Waals surface area contributed by atoms with E-state index >= 15 is 0 Å². The molecule has 2 heterocycles. The average molecular weight is 344 g/mol. The van der Waals surface area contributed by atoms with Gasteiger partial charge >= 0.3 is 0 Å². The second kappa shape index (κ2) is 8.69. The van der Waals surface area contributed by atoms with Crippen molar-refractivity contribution >= 4 is 5.96 Å². The van der Waals surface area contributed by atoms with Crippen LogP contribution in [0.1, 0.15) is 51.3 Å². The Balaban J connectivity index is 1.45. The Kier molecular flexibility index (Phi) is 6.09. The van der Waals surface area contributed by atoms with Gasteiger partial charge < -0.3 is 15.1 Å². The highest BCUT2D eigenvalue weighted by Crippen LogP contribution is 2.27. The van der Waals surface area contributed by atoms with Crippen LogP contribution in [-0.2, 0) is 6.54 Å². The molecule has 0 unspecified atom stereocenters. The van der Waals surface area contributed by atoms with Gasteiger partial charge in [-0.2, -0.15) is 0 Å². The SMILES string of the molecule is CCCC1CCC(NC(=NC)NCc2nc(-c3ccco3)n[nH]2)CC1. The van der Waals surface area contributed by atoms with Gasteiger partial charge in [0.25, 0.3) is 0 Å². The molecule has 3 N–H and O–H groups in total. The molecule has 0 atom stereocenters. The molecule has 1 aliphatic rings. The van der Waals surface area contributed by atoms with Crippen molar-refractivity contribution in [1.29, 1.82) is 0 Å². The minimum Gasteiger partial charge on any atom is -0.461 e. The first-order chi connectivity index (χ1) is 12.3. The number of aliphatic imine (C=N–C) groups is 1. The maximum absolute atomic E-state index is 5.30. The summed E-state index contributed by atoms with van der Waals surface area (Å²) in [6.45, 7) is 2.81. The zero-order valence-corrected chi connectivity index (χ0v) is 15.1. The third kappa shape index (κ3) is 4.84. The molecule has 25 heavy (non-hydrogen) atoms. The standard InChI is InChI=1S/C18H28N6O/c1-3-5-13-7-9-14(10-8-13)21-18(19-2)20-12-16-22-17(24-23-16)15-6-4-11-25-15/h4,6,11,13-14H,3,5,7-10,12H2,1-2H3,(H2,19,20,21)(H,22,23,24). The quantitative estimate of drug-likeness (QED) is 0.553. The molecule has 136 valence electrons. The van der Waals surface area contributed by atoms with Crippen LogP contribution in [0.4, 0.5) is 0 Å². The van der Waals surface area contributed by atoms with E-state index in [1.54, 1.807) is 13.3 Å². The van der Waals surface area contributed by atoms with Gasteiger partial charge in [-0.15, -0.1) is 5.10 Å². The minimum atomic E-state index is 0.507. The van der Waals surface area contributed by atoms with Crippen molar-refractivity contribution in [3.05, 3.63) is 24.2 Å². The Morgan fingerprint density at radius 2 is 2.20 bits per heavy atom. The van der Waals surface area contributed by atoms with E-state index in [4.69, 9.17) is 4.42 Å². The molecule has 0 aromatic carbocycles. The number of aromatic nitrogens is 3. The molecule has 0 amide bonds. The molecule has 2 aromatic heterocycles. The van der Waals surface area contributed by atoms with E-state index in [9.17, 15) is 0 Å². The number of nitrogens with one attached hydrogen (secondary N) is 3. The fraction of sp³-hybridized carbons (Fsp3) is 0.611. The van der Waals surface area contributed by atoms with Gasteiger partial charge in [-0.05, 0) is 43.7 Å². The van der Waals surface area contributed by atoms with Gasteiger partial charge in [0, 0.05) is 13.1 Å². The van der Waals surface area contributed by atoms with E-state index in [0.717, 1.165) is 17.7 Å². The molecular weight excluding hydrogens is 316 g/mol. The summed E-state index contributed by atoms with van der Waals surface area (Å²) in [7, 11) is 1.80. The van der Waals surface area contributed by atoms with Crippen LogP contribution < -0.4 is 10.6 Å². The van der Waals surface area contributed by atoms with Crippen molar-refractivity contribution in [1.82, 2.24) is 25.8 Å². The molecule has 0 bridgehead atoms. The number of aromatic amines is 1. The first-order valence-corrected chi connectivity index (χ1v) is 9.20. The molecule has 1 fully saturated rings. The molecular formula is C18H28N6O. The van der Waals surface area contributed by atoms with E-state index in [1.807, 2.05) is 12.1 Å². The zero-order chi connectivity index (χ0) is 17.5. The van der Waals surface area contributed by atoms with Crippen molar-refractivity contribution in [3.8, 4) is 11.6 Å². The fourth-order valence-corrected chi connectivity index (χ4v) is 3.45. The maximum atomic E-state index is 5.30. The predicted molar refractivity (Wildman–Crippen MR) is 98.1 cm³/mol. The van der Waals surface area contributed by atoms with Crippen LogP contribution >= 0.6 is 0 Å². The average Bonchev–Trinajstić information content (AvgIpc) is 3.31. The monoisotopic (exact) mass is 344 g/mol. The first-order valence-electron chi connectivity index (χ1n) is 9.20. The third-order valence-corrected chi connectivity index (χ3v) is 4.80. The Morgan fingerprint density at radius 3 is 2.88 bits per heavy atom. The number of hydrogen-bond acceptors (Lipinski definition) is 4. The molecule has 1 saturated carbocycles. The third-order valence-electron chi connectivity index (χ3n) is 4.80. The number of guanidine groups is 1. The summed E-state index contributed by atoms with van der Waals surface area (Å²) < 4.78 is 5.30. The van der Waals surface area contributed by atoms with Gasteiger partial charge in [-0.1, -0.05) is 19.8 Å². The molecule has 0 saturated heterocycles. The normalized spacial score (nSPS) is 21.3. The van der Waals surface area contributed by atoms with E-state index in [-0.39, 0.29) is 0 Å². The summed E-state index contributed by atoms with van der Waals surface area (Å²) in [6.07, 6.45) is 9.35. The number of H-pyrrole nitrogens is 1. The van der Waals surface area contributed by atoms with Crippen molar-refractivity contribution in [2.24, 2.45) is 10.9 Å². The number of furan rings is 1. The molecule has 1 aliphatic carbocycles. The lowest BCUT2D eigenvalue weighted by molar-refractivity contribution is 0.295. The first kappa shape index (κ1) is 17.5. The van der Waals surface area contributed by atoms with Gasteiger partial charge in [0.15, 0.2) is 11.7 Å². The second-order valence-corrected chi connectivity index (χ2v) is 6.66. The van der Waals surface area contributed by atoms with Crippen LogP contribution in [0, 0.1) is 5.92 Å². The molecule has 7 heteroatoms. The maximum Gasteiger partial charge on any atom is 0.216 e. The lowest BCUT2D eigenvalue weighted by Crippen LogP contribution is -2.44. The van der Waals surface area contributed by atoms with Crippen LogP contribution in [0.3, 0.4) is 0 Å². The summed E-state index contributed by atoms with van der Waals surface area (Å²) in [5, 5.41) is 13.9. The van der Waals surface area contributed by atoms with E-state index in [2.05, 4.69) is 37.7 Å². The summed E-state index contributed by atoms with van der Waals surface area (Å²) >= 11 is 0. The molecule has 0 aliphatic heterocycles. The number of nitrogens with zero attached hydrogens (tertiary/aromatic N) is 3. The largest absolute Gasteiger partial charge is 0.461 e. The van der Waals surface area contributed by atoms with Crippen molar-refractivity contribution in [2.75, 3.05) is 7.05 Å². The Morgan fingerprint density at radius 1 is 1.36 bits per heavy atom. The number of hydrogen-bond donors (Lipinski definition) is 3. The molecule has 3 rings (SSSR count). The topological polar surface area (TPSA) is 91.1 Å². The van der Waals surface area contributed by atoms with Gasteiger partial charge in [-0.25, -0.2) is 4.98 Å². The lowest BCUT2D eigenvalue weighted by Gasteiger charge is -2.30. The summed E-state index contributed by atoms with van der Waals surface area (Å²) in [4.78, 5) is 8.75. The molecule has 2 aromatic rings. The minimum absolute atomic E-state index is 0.507. The van der Waals surface area contributed by atoms with Gasteiger partial charge in [0.2, 0.25) is 5.82 Å². The highest BCUT2D eigenvalue weighted by molar-refractivity contribution is 5.79. The van der Waals surface area contributed by atoms with E-state index < -0.39 is 0 Å². The molecule has 7 nitrogen and oxygen atoms in total. The van der Waals surface area contributed by atoms with Crippen LogP contribution in [0.15, 0.2) is 27.8 Å². The fourth-order valence-electron chi connectivity index (χ4n) is 3.45. The lowest BCUT2D eigenvalue weighted by atomic mass is 9.83. The van der Waals surface area contributed by atoms with Crippen LogP contribution in [0.25, 0.3) is 11.6 Å². The van der Waals surface area contributed by atoms with Gasteiger partial charge in [-0.3, -0.25) is 10.1 Å². The Labute approximate surface area is 148 Å². The Hall–Kier alpha value is -2.31. The Bertz CT molecular complexity index is 655. The highest BCUT2D eigenvalue weighted by Gasteiger charge is 2.21. The van der Waals surface area contributed by atoms with Crippen LogP contribution in [0.2, 0.25) is 0 Å². The summed E-state index contributed by atoms with van der Waals surface area (Å²) in [5.74, 6) is 3.70. The number of rotatable bonds is 6. The van der Waals surface area contributed by atoms with E-state index in [0.29, 0.717) is 24.2 Å². The molecule has 0 spiro atoms. The van der Waals surface area contributed by atoms with Crippen LogP contribution in [0.5, 0.6) is 0 Å². The van der Waals surface area contributed by atoms with Crippen molar-refractivity contribution < 1.29 is 4.42 Å². The highest BCUT2D eigenvalue weighted by atomic mass is 16.3.